The molecule has 1 rings (SSSR count). The fourth-order valence-electron chi connectivity index (χ4n) is 1.15. The van der Waals surface area contributed by atoms with E-state index < -0.39 is 0 Å². The SMILES string of the molecule is CCOc1ccccc1NC[C@H](C)O. The van der Waals surface area contributed by atoms with E-state index in [-0.39, 0.29) is 6.10 Å². The number of ether oxygens (including phenoxy) is 1. The Morgan fingerprint density at radius 2 is 2.14 bits per heavy atom. The Kier molecular flexibility index (Phi) is 4.26. The lowest BCUT2D eigenvalue weighted by Crippen LogP contribution is -2.15. The number of hydrogen-bond donors (Lipinski definition) is 2. The zero-order valence-electron chi connectivity index (χ0n) is 8.66. The minimum Gasteiger partial charge on any atom is -0.492 e. The molecule has 1 aromatic rings. The average molecular weight is 195 g/mol. The lowest BCUT2D eigenvalue weighted by atomic mass is 10.3. The molecule has 3 nitrogen and oxygen atoms in total. The van der Waals surface area contributed by atoms with E-state index in [1.165, 1.54) is 0 Å². The minimum atomic E-state index is -0.357. The summed E-state index contributed by atoms with van der Waals surface area (Å²) in [6.07, 6.45) is -0.357. The summed E-state index contributed by atoms with van der Waals surface area (Å²) in [5.74, 6) is 0.829. The number of para-hydroxylation sites is 2. The summed E-state index contributed by atoms with van der Waals surface area (Å²) in [5, 5.41) is 12.3. The molecule has 0 saturated carbocycles. The van der Waals surface area contributed by atoms with Gasteiger partial charge in [0.05, 0.1) is 18.4 Å². The van der Waals surface area contributed by atoms with E-state index in [0.29, 0.717) is 13.2 Å². The van der Waals surface area contributed by atoms with E-state index in [4.69, 9.17) is 9.84 Å². The standard InChI is InChI=1S/C11H17NO2/c1-3-14-11-7-5-4-6-10(11)12-8-9(2)13/h4-7,9,12-13H,3,8H2,1-2H3/t9-/m0/s1. The topological polar surface area (TPSA) is 41.5 Å². The molecule has 1 atom stereocenters. The van der Waals surface area contributed by atoms with Gasteiger partial charge >= 0.3 is 0 Å². The fourth-order valence-corrected chi connectivity index (χ4v) is 1.15. The van der Waals surface area contributed by atoms with Crippen LogP contribution in [0.5, 0.6) is 5.75 Å². The number of benzene rings is 1. The summed E-state index contributed by atoms with van der Waals surface area (Å²) >= 11 is 0. The number of anilines is 1. The van der Waals surface area contributed by atoms with Crippen molar-refractivity contribution in [2.24, 2.45) is 0 Å². The molecule has 0 heterocycles. The Hall–Kier alpha value is -1.22. The molecule has 0 saturated heterocycles. The molecular formula is C11H17NO2. The van der Waals surface area contributed by atoms with Crippen molar-refractivity contribution in [2.75, 3.05) is 18.5 Å². The minimum absolute atomic E-state index is 0.357. The van der Waals surface area contributed by atoms with Crippen molar-refractivity contribution in [2.45, 2.75) is 20.0 Å². The number of aliphatic hydroxyl groups is 1. The largest absolute Gasteiger partial charge is 0.492 e. The third kappa shape index (κ3) is 3.26. The van der Waals surface area contributed by atoms with Crippen LogP contribution >= 0.6 is 0 Å². The first-order valence-corrected chi connectivity index (χ1v) is 4.87. The van der Waals surface area contributed by atoms with Crippen LogP contribution in [-0.2, 0) is 0 Å². The summed E-state index contributed by atoms with van der Waals surface area (Å²) in [6, 6.07) is 7.71. The third-order valence-corrected chi connectivity index (χ3v) is 1.77. The Bertz CT molecular complexity index is 274. The van der Waals surface area contributed by atoms with E-state index in [2.05, 4.69) is 5.32 Å². The van der Waals surface area contributed by atoms with Gasteiger partial charge in [0.25, 0.3) is 0 Å². The molecule has 0 amide bonds. The van der Waals surface area contributed by atoms with Crippen LogP contribution in [0.15, 0.2) is 24.3 Å². The predicted octanol–water partition coefficient (Wildman–Crippen LogP) is 1.88. The Morgan fingerprint density at radius 3 is 2.79 bits per heavy atom. The molecule has 0 aliphatic carbocycles. The van der Waals surface area contributed by atoms with Crippen LogP contribution in [0.1, 0.15) is 13.8 Å². The van der Waals surface area contributed by atoms with Gasteiger partial charge in [-0.15, -0.1) is 0 Å². The first kappa shape index (κ1) is 10.9. The van der Waals surface area contributed by atoms with Crippen LogP contribution in [0, 0.1) is 0 Å². The van der Waals surface area contributed by atoms with E-state index in [9.17, 15) is 0 Å². The number of aliphatic hydroxyl groups excluding tert-OH is 1. The van der Waals surface area contributed by atoms with Gasteiger partial charge in [-0.1, -0.05) is 12.1 Å². The molecule has 0 bridgehead atoms. The second kappa shape index (κ2) is 5.50. The third-order valence-electron chi connectivity index (χ3n) is 1.77. The second-order valence-electron chi connectivity index (χ2n) is 3.16. The molecular weight excluding hydrogens is 178 g/mol. The molecule has 1 aromatic carbocycles. The molecule has 3 heteroatoms. The fraction of sp³-hybridized carbons (Fsp3) is 0.455. The zero-order chi connectivity index (χ0) is 10.4. The van der Waals surface area contributed by atoms with Crippen LogP contribution < -0.4 is 10.1 Å². The molecule has 0 aliphatic heterocycles. The van der Waals surface area contributed by atoms with Gasteiger partial charge in [-0.2, -0.15) is 0 Å². The smallest absolute Gasteiger partial charge is 0.142 e. The van der Waals surface area contributed by atoms with Crippen LogP contribution in [0.25, 0.3) is 0 Å². The maximum atomic E-state index is 9.13. The maximum absolute atomic E-state index is 9.13. The Balaban J connectivity index is 2.64. The van der Waals surface area contributed by atoms with Gasteiger partial charge in [-0.05, 0) is 26.0 Å². The van der Waals surface area contributed by atoms with Crippen LogP contribution in [-0.4, -0.2) is 24.4 Å². The quantitative estimate of drug-likeness (QED) is 0.753. The van der Waals surface area contributed by atoms with E-state index >= 15 is 0 Å². The summed E-state index contributed by atoms with van der Waals surface area (Å²) < 4.78 is 5.43. The zero-order valence-corrected chi connectivity index (χ0v) is 8.66. The van der Waals surface area contributed by atoms with Gasteiger partial charge in [-0.3, -0.25) is 0 Å². The van der Waals surface area contributed by atoms with Crippen molar-refractivity contribution in [1.29, 1.82) is 0 Å². The van der Waals surface area contributed by atoms with E-state index in [0.717, 1.165) is 11.4 Å². The summed E-state index contributed by atoms with van der Waals surface area (Å²) in [5.41, 5.74) is 0.926. The van der Waals surface area contributed by atoms with Crippen molar-refractivity contribution < 1.29 is 9.84 Å². The summed E-state index contributed by atoms with van der Waals surface area (Å²) in [7, 11) is 0. The summed E-state index contributed by atoms with van der Waals surface area (Å²) in [6.45, 7) is 4.87. The number of hydrogen-bond acceptors (Lipinski definition) is 3. The molecule has 0 fully saturated rings. The second-order valence-corrected chi connectivity index (χ2v) is 3.16. The number of nitrogens with one attached hydrogen (secondary N) is 1. The van der Waals surface area contributed by atoms with Gasteiger partial charge < -0.3 is 15.2 Å². The van der Waals surface area contributed by atoms with Crippen LogP contribution in [0.4, 0.5) is 5.69 Å². The van der Waals surface area contributed by atoms with Gasteiger partial charge in [0.1, 0.15) is 5.75 Å². The molecule has 0 unspecified atom stereocenters. The molecule has 0 aromatic heterocycles. The van der Waals surface area contributed by atoms with Crippen LogP contribution in [0.3, 0.4) is 0 Å². The lowest BCUT2D eigenvalue weighted by molar-refractivity contribution is 0.208. The average Bonchev–Trinajstić information content (AvgIpc) is 2.17. The van der Waals surface area contributed by atoms with Crippen molar-refractivity contribution in [3.63, 3.8) is 0 Å². The first-order valence-electron chi connectivity index (χ1n) is 4.87. The van der Waals surface area contributed by atoms with Gasteiger partial charge in [0.15, 0.2) is 0 Å². The highest BCUT2D eigenvalue weighted by atomic mass is 16.5. The highest BCUT2D eigenvalue weighted by Crippen LogP contribution is 2.23. The normalized spacial score (nSPS) is 12.2. The summed E-state index contributed by atoms with van der Waals surface area (Å²) in [4.78, 5) is 0. The van der Waals surface area contributed by atoms with Crippen molar-refractivity contribution in [1.82, 2.24) is 0 Å². The van der Waals surface area contributed by atoms with Gasteiger partial charge in [0, 0.05) is 6.54 Å². The first-order chi connectivity index (χ1) is 6.74. The highest BCUT2D eigenvalue weighted by molar-refractivity contribution is 5.56. The molecule has 0 spiro atoms. The van der Waals surface area contributed by atoms with E-state index in [1.807, 2.05) is 31.2 Å². The van der Waals surface area contributed by atoms with E-state index in [1.54, 1.807) is 6.92 Å². The molecule has 2 N–H and O–H groups in total. The van der Waals surface area contributed by atoms with Crippen molar-refractivity contribution in [3.05, 3.63) is 24.3 Å². The molecule has 14 heavy (non-hydrogen) atoms. The van der Waals surface area contributed by atoms with Crippen LogP contribution in [0.2, 0.25) is 0 Å². The molecule has 78 valence electrons. The van der Waals surface area contributed by atoms with Crippen molar-refractivity contribution in [3.8, 4) is 5.75 Å². The lowest BCUT2D eigenvalue weighted by Gasteiger charge is -2.12. The van der Waals surface area contributed by atoms with Gasteiger partial charge in [-0.25, -0.2) is 0 Å². The number of rotatable bonds is 5. The maximum Gasteiger partial charge on any atom is 0.142 e. The Morgan fingerprint density at radius 1 is 1.43 bits per heavy atom. The highest BCUT2D eigenvalue weighted by Gasteiger charge is 2.02. The molecule has 0 aliphatic rings. The Labute approximate surface area is 84.7 Å². The van der Waals surface area contributed by atoms with Crippen molar-refractivity contribution >= 4 is 5.69 Å². The predicted molar refractivity (Wildman–Crippen MR) is 57.8 cm³/mol. The molecule has 0 radical (unpaired) electrons. The monoisotopic (exact) mass is 195 g/mol. The van der Waals surface area contributed by atoms with Gasteiger partial charge in [0.2, 0.25) is 0 Å².